The summed E-state index contributed by atoms with van der Waals surface area (Å²) >= 11 is 0. The van der Waals surface area contributed by atoms with Gasteiger partial charge in [0.15, 0.2) is 0 Å². The van der Waals surface area contributed by atoms with Gasteiger partial charge < -0.3 is 4.90 Å². The summed E-state index contributed by atoms with van der Waals surface area (Å²) < 4.78 is 0. The van der Waals surface area contributed by atoms with Crippen LogP contribution in [0.5, 0.6) is 0 Å². The van der Waals surface area contributed by atoms with Crippen molar-refractivity contribution in [3.63, 3.8) is 0 Å². The first-order valence-electron chi connectivity index (χ1n) is 3.74. The molecule has 0 N–H and O–H groups in total. The SMILES string of the molecule is [O]C1CN2CCC1CC2. The van der Waals surface area contributed by atoms with Crippen LogP contribution in [0.25, 0.3) is 0 Å². The Hall–Kier alpha value is -0.0800. The van der Waals surface area contributed by atoms with Crippen LogP contribution in [0.2, 0.25) is 0 Å². The molecule has 0 saturated carbocycles. The van der Waals surface area contributed by atoms with Gasteiger partial charge in [0.25, 0.3) is 0 Å². The van der Waals surface area contributed by atoms with Gasteiger partial charge in [0.05, 0.1) is 0 Å². The van der Waals surface area contributed by atoms with Crippen LogP contribution in [0.4, 0.5) is 0 Å². The van der Waals surface area contributed by atoms with E-state index in [-0.39, 0.29) is 6.10 Å². The van der Waals surface area contributed by atoms with E-state index in [1.54, 1.807) is 0 Å². The topological polar surface area (TPSA) is 23.1 Å². The van der Waals surface area contributed by atoms with Gasteiger partial charge in [-0.25, -0.2) is 5.11 Å². The van der Waals surface area contributed by atoms with Crippen LogP contribution >= 0.6 is 0 Å². The van der Waals surface area contributed by atoms with Crippen molar-refractivity contribution in [1.82, 2.24) is 4.90 Å². The molecular formula is C7H12NO. The first-order valence-corrected chi connectivity index (χ1v) is 3.74. The van der Waals surface area contributed by atoms with Gasteiger partial charge >= 0.3 is 0 Å². The molecule has 0 spiro atoms. The minimum absolute atomic E-state index is 0.257. The fourth-order valence-corrected chi connectivity index (χ4v) is 1.91. The van der Waals surface area contributed by atoms with Crippen LogP contribution in [0.1, 0.15) is 12.8 Å². The standard InChI is InChI=1S/C7H12NO/c9-7-5-8-3-1-6(7)2-4-8/h6-7H,1-5H2. The largest absolute Gasteiger partial charge is 0.301 e. The van der Waals surface area contributed by atoms with Gasteiger partial charge in [0.1, 0.15) is 6.10 Å². The minimum atomic E-state index is -0.257. The maximum absolute atomic E-state index is 11.1. The normalized spacial score (nSPS) is 49.7. The van der Waals surface area contributed by atoms with Crippen molar-refractivity contribution < 1.29 is 5.11 Å². The second-order valence-corrected chi connectivity index (χ2v) is 3.18. The maximum atomic E-state index is 11.1. The van der Waals surface area contributed by atoms with Crippen molar-refractivity contribution in [2.75, 3.05) is 19.6 Å². The van der Waals surface area contributed by atoms with Gasteiger partial charge in [-0.2, -0.15) is 0 Å². The van der Waals surface area contributed by atoms with Crippen LogP contribution in [0, 0.1) is 5.92 Å². The molecule has 2 heteroatoms. The van der Waals surface area contributed by atoms with Crippen LogP contribution in [-0.4, -0.2) is 30.6 Å². The third-order valence-corrected chi connectivity index (χ3v) is 2.60. The van der Waals surface area contributed by atoms with Gasteiger partial charge in [-0.1, -0.05) is 0 Å². The average molecular weight is 126 g/mol. The first-order chi connectivity index (χ1) is 4.36. The lowest BCUT2D eigenvalue weighted by Gasteiger charge is -2.41. The highest BCUT2D eigenvalue weighted by Gasteiger charge is 2.33. The van der Waals surface area contributed by atoms with E-state index in [2.05, 4.69) is 4.90 Å². The quantitative estimate of drug-likeness (QED) is 0.464. The summed E-state index contributed by atoms with van der Waals surface area (Å²) in [5.74, 6) is 0.523. The molecule has 0 amide bonds. The zero-order valence-corrected chi connectivity index (χ0v) is 5.55. The molecule has 1 atom stereocenters. The van der Waals surface area contributed by atoms with E-state index in [1.807, 2.05) is 0 Å². The zero-order chi connectivity index (χ0) is 6.27. The Bertz CT molecular complexity index is 107. The summed E-state index contributed by atoms with van der Waals surface area (Å²) in [4.78, 5) is 2.29. The molecule has 9 heavy (non-hydrogen) atoms. The Labute approximate surface area is 55.5 Å². The average Bonchev–Trinajstić information content (AvgIpc) is 1.90. The Balaban J connectivity index is 2.06. The highest BCUT2D eigenvalue weighted by atomic mass is 16.3. The smallest absolute Gasteiger partial charge is 0.108 e. The Morgan fingerprint density at radius 3 is 2.11 bits per heavy atom. The predicted molar refractivity (Wildman–Crippen MR) is 33.6 cm³/mol. The summed E-state index contributed by atoms with van der Waals surface area (Å²) in [6, 6.07) is 0. The van der Waals surface area contributed by atoms with Crippen molar-refractivity contribution in [3.05, 3.63) is 0 Å². The molecule has 0 aromatic rings. The van der Waals surface area contributed by atoms with E-state index < -0.39 is 0 Å². The first kappa shape index (κ1) is 5.69. The van der Waals surface area contributed by atoms with Crippen molar-refractivity contribution in [3.8, 4) is 0 Å². The molecule has 1 radical (unpaired) electrons. The Morgan fingerprint density at radius 2 is 1.89 bits per heavy atom. The maximum Gasteiger partial charge on any atom is 0.108 e. The van der Waals surface area contributed by atoms with E-state index in [4.69, 9.17) is 0 Å². The fourth-order valence-electron chi connectivity index (χ4n) is 1.91. The molecule has 0 aromatic heterocycles. The van der Waals surface area contributed by atoms with Gasteiger partial charge in [0, 0.05) is 6.54 Å². The highest BCUT2D eigenvalue weighted by Crippen LogP contribution is 2.27. The number of nitrogens with zero attached hydrogens (tertiary/aromatic N) is 1. The lowest BCUT2D eigenvalue weighted by molar-refractivity contribution is -0.0610. The highest BCUT2D eigenvalue weighted by molar-refractivity contribution is 4.85. The molecule has 51 valence electrons. The third kappa shape index (κ3) is 0.864. The van der Waals surface area contributed by atoms with Crippen LogP contribution in [0.15, 0.2) is 0 Å². The monoisotopic (exact) mass is 126 g/mol. The van der Waals surface area contributed by atoms with E-state index in [1.165, 1.54) is 13.1 Å². The molecule has 3 aliphatic heterocycles. The van der Waals surface area contributed by atoms with Crippen molar-refractivity contribution in [2.24, 2.45) is 5.92 Å². The molecule has 3 heterocycles. The van der Waals surface area contributed by atoms with Gasteiger partial charge in [-0.05, 0) is 31.8 Å². The van der Waals surface area contributed by atoms with Gasteiger partial charge in [0.2, 0.25) is 0 Å². The van der Waals surface area contributed by atoms with Crippen LogP contribution < -0.4 is 0 Å². The number of hydrogen-bond donors (Lipinski definition) is 0. The van der Waals surface area contributed by atoms with Crippen molar-refractivity contribution in [2.45, 2.75) is 18.9 Å². The number of rotatable bonds is 0. The number of hydrogen-bond acceptors (Lipinski definition) is 1. The second-order valence-electron chi connectivity index (χ2n) is 3.18. The van der Waals surface area contributed by atoms with E-state index in [0.29, 0.717) is 5.92 Å². The summed E-state index contributed by atoms with van der Waals surface area (Å²) in [6.45, 7) is 3.19. The second kappa shape index (κ2) is 1.96. The molecule has 0 aliphatic carbocycles. The van der Waals surface area contributed by atoms with Crippen LogP contribution in [0.3, 0.4) is 0 Å². The summed E-state index contributed by atoms with van der Waals surface area (Å²) in [5.41, 5.74) is 0. The van der Waals surface area contributed by atoms with E-state index >= 15 is 0 Å². The molecule has 2 bridgehead atoms. The summed E-state index contributed by atoms with van der Waals surface area (Å²) in [7, 11) is 0. The molecule has 0 aromatic carbocycles. The summed E-state index contributed by atoms with van der Waals surface area (Å²) in [5, 5.41) is 11.1. The molecule has 3 rings (SSSR count). The fraction of sp³-hybridized carbons (Fsp3) is 1.00. The number of piperidine rings is 3. The Morgan fingerprint density at radius 1 is 1.22 bits per heavy atom. The molecular weight excluding hydrogens is 114 g/mol. The molecule has 2 nitrogen and oxygen atoms in total. The summed E-state index contributed by atoms with van der Waals surface area (Å²) in [6.07, 6.45) is 2.06. The van der Waals surface area contributed by atoms with Crippen molar-refractivity contribution in [1.29, 1.82) is 0 Å². The van der Waals surface area contributed by atoms with E-state index in [9.17, 15) is 5.11 Å². The lowest BCUT2D eigenvalue weighted by atomic mass is 9.86. The lowest BCUT2D eigenvalue weighted by Crippen LogP contribution is -2.49. The molecule has 3 aliphatic rings. The van der Waals surface area contributed by atoms with E-state index in [0.717, 1.165) is 19.4 Å². The molecule has 1 unspecified atom stereocenters. The predicted octanol–water partition coefficient (Wildman–Crippen LogP) is 0.511. The van der Waals surface area contributed by atoms with Gasteiger partial charge in [-0.15, -0.1) is 0 Å². The minimum Gasteiger partial charge on any atom is -0.301 e. The van der Waals surface area contributed by atoms with Crippen molar-refractivity contribution >= 4 is 0 Å². The zero-order valence-electron chi connectivity index (χ0n) is 5.55. The molecule has 3 saturated heterocycles. The third-order valence-electron chi connectivity index (χ3n) is 2.60. The van der Waals surface area contributed by atoms with Gasteiger partial charge in [-0.3, -0.25) is 0 Å². The molecule has 3 fully saturated rings. The number of fused-ring (bicyclic) bond motifs is 3. The Kier molecular flexibility index (Phi) is 1.24. The van der Waals surface area contributed by atoms with Crippen LogP contribution in [-0.2, 0) is 5.11 Å².